The number of ketones is 1. The van der Waals surface area contributed by atoms with Crippen LogP contribution in [-0.2, 0) is 10.2 Å². The van der Waals surface area contributed by atoms with E-state index >= 15 is 0 Å². The van der Waals surface area contributed by atoms with Crippen LogP contribution in [0.2, 0.25) is 0 Å². The first kappa shape index (κ1) is 19.4. The summed E-state index contributed by atoms with van der Waals surface area (Å²) in [6.45, 7) is 12.2. The number of methoxy groups -OCH3 is 1. The molecule has 0 saturated heterocycles. The standard InChI is InChI=1S/C14H16O3.2C2H6/c1-14(2)7-6-12(15)10-8-9(13(16)17-3)4-5-11(10)14;2*1-2/h4-5,8H,6-7H2,1-3H3;2*1-2H3. The lowest BCUT2D eigenvalue weighted by molar-refractivity contribution is 0.0600. The van der Waals surface area contributed by atoms with Crippen molar-refractivity contribution in [2.75, 3.05) is 7.11 Å². The van der Waals surface area contributed by atoms with Crippen molar-refractivity contribution < 1.29 is 14.3 Å². The largest absolute Gasteiger partial charge is 0.465 e. The van der Waals surface area contributed by atoms with Crippen LogP contribution in [0.1, 0.15) is 80.7 Å². The Kier molecular flexibility index (Phi) is 7.93. The van der Waals surface area contributed by atoms with Crippen molar-refractivity contribution in [3.63, 3.8) is 0 Å². The van der Waals surface area contributed by atoms with Crippen molar-refractivity contribution in [1.82, 2.24) is 0 Å². The predicted octanol–water partition coefficient (Wildman–Crippen LogP) is 4.78. The highest BCUT2D eigenvalue weighted by atomic mass is 16.5. The average Bonchev–Trinajstić information content (AvgIpc) is 2.54. The molecular weight excluding hydrogens is 264 g/mol. The zero-order valence-electron chi connectivity index (χ0n) is 14.4. The molecule has 1 aromatic rings. The Labute approximate surface area is 128 Å². The van der Waals surface area contributed by atoms with Gasteiger partial charge in [0.15, 0.2) is 5.78 Å². The number of esters is 1. The summed E-state index contributed by atoms with van der Waals surface area (Å²) in [5.41, 5.74) is 2.14. The van der Waals surface area contributed by atoms with Gasteiger partial charge in [-0.05, 0) is 29.5 Å². The molecule has 0 radical (unpaired) electrons. The number of ether oxygens (including phenoxy) is 1. The molecule has 0 amide bonds. The van der Waals surface area contributed by atoms with Crippen molar-refractivity contribution in [3.05, 3.63) is 34.9 Å². The van der Waals surface area contributed by atoms with E-state index in [2.05, 4.69) is 18.6 Å². The fraction of sp³-hybridized carbons (Fsp3) is 0.556. The maximum atomic E-state index is 11.9. The third-order valence-electron chi connectivity index (χ3n) is 3.45. The van der Waals surface area contributed by atoms with Crippen LogP contribution in [0.5, 0.6) is 0 Å². The second-order valence-corrected chi connectivity index (χ2v) is 5.06. The molecule has 118 valence electrons. The molecule has 3 heteroatoms. The van der Waals surface area contributed by atoms with Crippen LogP contribution in [0.3, 0.4) is 0 Å². The summed E-state index contributed by atoms with van der Waals surface area (Å²) in [6, 6.07) is 5.26. The molecule has 21 heavy (non-hydrogen) atoms. The first-order chi connectivity index (χ1) is 9.95. The molecule has 0 aromatic heterocycles. The summed E-state index contributed by atoms with van der Waals surface area (Å²) < 4.78 is 4.66. The lowest BCUT2D eigenvalue weighted by Crippen LogP contribution is -2.27. The minimum Gasteiger partial charge on any atom is -0.465 e. The molecule has 0 fully saturated rings. The third-order valence-corrected chi connectivity index (χ3v) is 3.45. The van der Waals surface area contributed by atoms with Crippen LogP contribution in [0.15, 0.2) is 18.2 Å². The molecular formula is C18H28O3. The fourth-order valence-electron chi connectivity index (χ4n) is 2.31. The van der Waals surface area contributed by atoms with Gasteiger partial charge < -0.3 is 4.74 Å². The van der Waals surface area contributed by atoms with Crippen LogP contribution in [0.25, 0.3) is 0 Å². The summed E-state index contributed by atoms with van der Waals surface area (Å²) in [5, 5.41) is 0. The number of benzene rings is 1. The van der Waals surface area contributed by atoms with Gasteiger partial charge in [0, 0.05) is 12.0 Å². The molecule has 0 spiro atoms. The maximum Gasteiger partial charge on any atom is 0.337 e. The lowest BCUT2D eigenvalue weighted by atomic mass is 9.72. The second-order valence-electron chi connectivity index (χ2n) is 5.06. The SMILES string of the molecule is CC.CC.COC(=O)c1ccc2c(c1)C(=O)CCC2(C)C. The van der Waals surface area contributed by atoms with E-state index in [1.807, 2.05) is 33.8 Å². The van der Waals surface area contributed by atoms with E-state index in [1.165, 1.54) is 7.11 Å². The predicted molar refractivity (Wildman–Crippen MR) is 87.1 cm³/mol. The molecule has 0 atom stereocenters. The maximum absolute atomic E-state index is 11.9. The normalized spacial score (nSPS) is 14.7. The summed E-state index contributed by atoms with van der Waals surface area (Å²) >= 11 is 0. The van der Waals surface area contributed by atoms with E-state index in [0.717, 1.165) is 12.0 Å². The van der Waals surface area contributed by atoms with Crippen LogP contribution in [0, 0.1) is 0 Å². The molecule has 0 heterocycles. The van der Waals surface area contributed by atoms with Crippen molar-refractivity contribution in [2.45, 2.75) is 59.8 Å². The molecule has 0 bridgehead atoms. The Hall–Kier alpha value is -1.64. The van der Waals surface area contributed by atoms with Crippen LogP contribution in [-0.4, -0.2) is 18.9 Å². The number of fused-ring (bicyclic) bond motifs is 1. The first-order valence-electron chi connectivity index (χ1n) is 7.72. The van der Waals surface area contributed by atoms with Gasteiger partial charge in [0.2, 0.25) is 0 Å². The Morgan fingerprint density at radius 2 is 1.71 bits per heavy atom. The molecule has 1 aliphatic carbocycles. The average molecular weight is 292 g/mol. The quantitative estimate of drug-likeness (QED) is 0.700. The fourth-order valence-corrected chi connectivity index (χ4v) is 2.31. The van der Waals surface area contributed by atoms with Crippen molar-refractivity contribution >= 4 is 11.8 Å². The van der Waals surface area contributed by atoms with E-state index in [4.69, 9.17) is 0 Å². The zero-order valence-corrected chi connectivity index (χ0v) is 14.4. The van der Waals surface area contributed by atoms with Gasteiger partial charge in [-0.2, -0.15) is 0 Å². The number of hydrogen-bond acceptors (Lipinski definition) is 3. The van der Waals surface area contributed by atoms with Gasteiger partial charge >= 0.3 is 5.97 Å². The molecule has 2 rings (SSSR count). The minimum absolute atomic E-state index is 0.00209. The molecule has 0 N–H and O–H groups in total. The van der Waals surface area contributed by atoms with E-state index in [0.29, 0.717) is 17.5 Å². The number of hydrogen-bond donors (Lipinski definition) is 0. The van der Waals surface area contributed by atoms with Gasteiger partial charge in [-0.1, -0.05) is 47.6 Å². The van der Waals surface area contributed by atoms with Crippen molar-refractivity contribution in [1.29, 1.82) is 0 Å². The highest BCUT2D eigenvalue weighted by Gasteiger charge is 2.32. The first-order valence-corrected chi connectivity index (χ1v) is 7.72. The Balaban J connectivity index is 0.000000921. The summed E-state index contributed by atoms with van der Waals surface area (Å²) in [5.74, 6) is -0.283. The van der Waals surface area contributed by atoms with Gasteiger partial charge in [0.1, 0.15) is 0 Å². The van der Waals surface area contributed by atoms with E-state index in [1.54, 1.807) is 12.1 Å². The second kappa shape index (κ2) is 8.60. The van der Waals surface area contributed by atoms with Gasteiger partial charge in [0.05, 0.1) is 12.7 Å². The number of Topliss-reactive ketones (excluding diaryl/α,β-unsaturated/α-hetero) is 1. The molecule has 3 nitrogen and oxygen atoms in total. The monoisotopic (exact) mass is 292 g/mol. The van der Waals surface area contributed by atoms with Crippen LogP contribution in [0.4, 0.5) is 0 Å². The van der Waals surface area contributed by atoms with E-state index in [9.17, 15) is 9.59 Å². The molecule has 1 aromatic carbocycles. The van der Waals surface area contributed by atoms with E-state index < -0.39 is 5.97 Å². The zero-order chi connectivity index (χ0) is 16.6. The Morgan fingerprint density at radius 3 is 2.24 bits per heavy atom. The Morgan fingerprint density at radius 1 is 1.14 bits per heavy atom. The number of carbonyl (C=O) groups is 2. The smallest absolute Gasteiger partial charge is 0.337 e. The highest BCUT2D eigenvalue weighted by Crippen LogP contribution is 2.36. The molecule has 0 unspecified atom stereocenters. The summed E-state index contributed by atoms with van der Waals surface area (Å²) in [4.78, 5) is 23.3. The highest BCUT2D eigenvalue weighted by molar-refractivity contribution is 6.01. The minimum atomic E-state index is -0.399. The number of rotatable bonds is 1. The molecule has 0 saturated carbocycles. The summed E-state index contributed by atoms with van der Waals surface area (Å²) in [6.07, 6.45) is 1.40. The van der Waals surface area contributed by atoms with Gasteiger partial charge in [-0.3, -0.25) is 4.79 Å². The summed E-state index contributed by atoms with van der Waals surface area (Å²) in [7, 11) is 1.34. The van der Waals surface area contributed by atoms with E-state index in [-0.39, 0.29) is 11.2 Å². The Bertz CT molecular complexity index is 487. The molecule has 0 aliphatic heterocycles. The van der Waals surface area contributed by atoms with Crippen LogP contribution < -0.4 is 0 Å². The third kappa shape index (κ3) is 4.42. The van der Waals surface area contributed by atoms with Crippen molar-refractivity contribution in [2.24, 2.45) is 0 Å². The van der Waals surface area contributed by atoms with Crippen LogP contribution >= 0.6 is 0 Å². The van der Waals surface area contributed by atoms with Crippen molar-refractivity contribution in [3.8, 4) is 0 Å². The number of carbonyl (C=O) groups excluding carboxylic acids is 2. The van der Waals surface area contributed by atoms with Gasteiger partial charge in [-0.25, -0.2) is 4.79 Å². The molecule has 1 aliphatic rings. The van der Waals surface area contributed by atoms with Gasteiger partial charge in [-0.15, -0.1) is 0 Å². The lowest BCUT2D eigenvalue weighted by Gasteiger charge is -2.31. The topological polar surface area (TPSA) is 43.4 Å². The van der Waals surface area contributed by atoms with Gasteiger partial charge in [0.25, 0.3) is 0 Å².